The van der Waals surface area contributed by atoms with Crippen LogP contribution in [0.3, 0.4) is 0 Å². The number of nitrogens with zero attached hydrogens (tertiary/aromatic N) is 4. The van der Waals surface area contributed by atoms with Gasteiger partial charge in [-0.2, -0.15) is 13.2 Å². The van der Waals surface area contributed by atoms with Gasteiger partial charge in [0.15, 0.2) is 6.10 Å². The second kappa shape index (κ2) is 9.70. The molecule has 35 heavy (non-hydrogen) atoms. The maximum Gasteiger partial charge on any atom is 0.419 e. The molecule has 4 rings (SSSR count). The van der Waals surface area contributed by atoms with E-state index in [2.05, 4.69) is 20.3 Å². The fraction of sp³-hybridized carbons (Fsp3) is 0.318. The molecule has 1 fully saturated rings. The van der Waals surface area contributed by atoms with E-state index < -0.39 is 42.6 Å². The molecule has 2 N–H and O–H groups in total. The molecule has 0 saturated carbocycles. The first kappa shape index (κ1) is 24.1. The number of hydrogen-bond acceptors (Lipinski definition) is 8. The Morgan fingerprint density at radius 1 is 1.31 bits per heavy atom. The lowest BCUT2D eigenvalue weighted by Gasteiger charge is -2.23. The number of fused-ring (bicyclic) bond motifs is 1. The third kappa shape index (κ3) is 4.94. The molecule has 1 saturated heterocycles. The van der Waals surface area contributed by atoms with E-state index in [4.69, 9.17) is 9.47 Å². The smallest absolute Gasteiger partial charge is 0.419 e. The molecular formula is C22H20F3N5O5. The molecule has 184 valence electrons. The average Bonchev–Trinajstić information content (AvgIpc) is 3.17. The summed E-state index contributed by atoms with van der Waals surface area (Å²) < 4.78 is 50.2. The van der Waals surface area contributed by atoms with Crippen molar-refractivity contribution in [3.8, 4) is 5.88 Å². The van der Waals surface area contributed by atoms with Crippen LogP contribution in [0.2, 0.25) is 0 Å². The van der Waals surface area contributed by atoms with E-state index in [1.54, 1.807) is 24.5 Å². The Labute approximate surface area is 196 Å². The van der Waals surface area contributed by atoms with Crippen molar-refractivity contribution in [2.75, 3.05) is 13.7 Å². The van der Waals surface area contributed by atoms with E-state index in [0.29, 0.717) is 17.1 Å². The van der Waals surface area contributed by atoms with Gasteiger partial charge in [-0.1, -0.05) is 0 Å². The Morgan fingerprint density at radius 3 is 2.83 bits per heavy atom. The van der Waals surface area contributed by atoms with Crippen LogP contribution in [0.15, 0.2) is 42.9 Å². The number of urea groups is 1. The van der Waals surface area contributed by atoms with Gasteiger partial charge in [-0.05, 0) is 24.6 Å². The number of aliphatic hydroxyl groups is 1. The minimum atomic E-state index is -4.71. The molecule has 2 atom stereocenters. The SMILES string of the molecule is COc1cc(C(F)(F)F)cc([C@H]2OC(=O)N(C(=O)NCc3cncc4cccnc34)[C@H]2CCO)n1. The first-order valence-electron chi connectivity index (χ1n) is 10.4. The Morgan fingerprint density at radius 2 is 2.11 bits per heavy atom. The number of amides is 3. The highest BCUT2D eigenvalue weighted by atomic mass is 19.4. The van der Waals surface area contributed by atoms with E-state index in [-0.39, 0.29) is 24.5 Å². The van der Waals surface area contributed by atoms with Gasteiger partial charge in [0.1, 0.15) is 0 Å². The van der Waals surface area contributed by atoms with Gasteiger partial charge >= 0.3 is 18.3 Å². The number of halogens is 3. The Balaban J connectivity index is 1.59. The maximum atomic E-state index is 13.4. The first-order chi connectivity index (χ1) is 16.7. The molecule has 0 spiro atoms. The van der Waals surface area contributed by atoms with Gasteiger partial charge in [0.2, 0.25) is 5.88 Å². The minimum absolute atomic E-state index is 0.0316. The quantitative estimate of drug-likeness (QED) is 0.538. The minimum Gasteiger partial charge on any atom is -0.481 e. The van der Waals surface area contributed by atoms with Crippen molar-refractivity contribution >= 4 is 23.0 Å². The van der Waals surface area contributed by atoms with Crippen LogP contribution < -0.4 is 10.1 Å². The van der Waals surface area contributed by atoms with Crippen molar-refractivity contribution in [2.45, 2.75) is 31.3 Å². The summed E-state index contributed by atoms with van der Waals surface area (Å²) in [5.41, 5.74) is -0.126. The molecule has 1 aliphatic heterocycles. The predicted octanol–water partition coefficient (Wildman–Crippen LogP) is 3.21. The number of aromatic nitrogens is 3. The zero-order valence-corrected chi connectivity index (χ0v) is 18.3. The molecule has 3 amide bonds. The topological polar surface area (TPSA) is 127 Å². The number of pyridine rings is 3. The van der Waals surface area contributed by atoms with E-state index in [1.165, 1.54) is 6.20 Å². The Bertz CT molecular complexity index is 1250. The molecule has 3 aromatic rings. The average molecular weight is 491 g/mol. The number of methoxy groups -OCH3 is 1. The molecule has 0 aromatic carbocycles. The second-order valence-corrected chi connectivity index (χ2v) is 7.61. The third-order valence-corrected chi connectivity index (χ3v) is 5.42. The van der Waals surface area contributed by atoms with Gasteiger partial charge in [0.05, 0.1) is 29.9 Å². The molecule has 0 radical (unpaired) electrons. The fourth-order valence-electron chi connectivity index (χ4n) is 3.80. The Kier molecular flexibility index (Phi) is 6.69. The van der Waals surface area contributed by atoms with Crippen LogP contribution in [0.1, 0.15) is 29.3 Å². The maximum absolute atomic E-state index is 13.4. The zero-order chi connectivity index (χ0) is 25.2. The zero-order valence-electron chi connectivity index (χ0n) is 18.3. The van der Waals surface area contributed by atoms with E-state index in [9.17, 15) is 27.9 Å². The highest BCUT2D eigenvalue weighted by molar-refractivity contribution is 5.93. The van der Waals surface area contributed by atoms with Gasteiger partial charge in [-0.25, -0.2) is 19.5 Å². The standard InChI is InChI=1S/C22H20F3N5O5/c1-34-17-8-14(22(23,24)25)7-15(29-17)19-16(4-6-31)30(21(33)35-19)20(32)28-11-13-10-26-9-12-3-2-5-27-18(12)13/h2-3,5,7-10,16,19,31H,4,6,11H2,1H3,(H,28,32)/t16-,19+/m0/s1. The van der Waals surface area contributed by atoms with Crippen molar-refractivity contribution in [3.05, 3.63) is 59.7 Å². The van der Waals surface area contributed by atoms with Crippen LogP contribution in [0.25, 0.3) is 10.9 Å². The number of nitrogens with one attached hydrogen (secondary N) is 1. The van der Waals surface area contributed by atoms with Crippen LogP contribution in [-0.4, -0.2) is 56.8 Å². The summed E-state index contributed by atoms with van der Waals surface area (Å²) in [4.78, 5) is 38.6. The summed E-state index contributed by atoms with van der Waals surface area (Å²) in [6.07, 6.45) is -2.58. The van der Waals surface area contributed by atoms with Crippen molar-refractivity contribution in [1.29, 1.82) is 0 Å². The fourth-order valence-corrected chi connectivity index (χ4v) is 3.80. The monoisotopic (exact) mass is 491 g/mol. The molecule has 0 bridgehead atoms. The van der Waals surface area contributed by atoms with Crippen LogP contribution in [-0.2, 0) is 17.5 Å². The van der Waals surface area contributed by atoms with Gasteiger partial charge in [-0.3, -0.25) is 9.97 Å². The van der Waals surface area contributed by atoms with Gasteiger partial charge in [0.25, 0.3) is 0 Å². The summed E-state index contributed by atoms with van der Waals surface area (Å²) in [7, 11) is 1.15. The molecular weight excluding hydrogens is 471 g/mol. The summed E-state index contributed by atoms with van der Waals surface area (Å²) in [6.45, 7) is -0.495. The lowest BCUT2D eigenvalue weighted by atomic mass is 10.0. The predicted molar refractivity (Wildman–Crippen MR) is 114 cm³/mol. The van der Waals surface area contributed by atoms with Gasteiger partial charge in [0, 0.05) is 48.8 Å². The van der Waals surface area contributed by atoms with Crippen molar-refractivity contribution in [3.63, 3.8) is 0 Å². The van der Waals surface area contributed by atoms with Crippen LogP contribution in [0.4, 0.5) is 22.8 Å². The summed E-state index contributed by atoms with van der Waals surface area (Å²) >= 11 is 0. The van der Waals surface area contributed by atoms with E-state index in [1.807, 2.05) is 0 Å². The number of carbonyl (C=O) groups is 2. The Hall–Kier alpha value is -4.00. The van der Waals surface area contributed by atoms with Crippen molar-refractivity contribution in [1.82, 2.24) is 25.2 Å². The molecule has 10 nitrogen and oxygen atoms in total. The molecule has 0 aliphatic carbocycles. The highest BCUT2D eigenvalue weighted by Gasteiger charge is 2.47. The van der Waals surface area contributed by atoms with E-state index in [0.717, 1.165) is 23.5 Å². The number of hydrogen-bond donors (Lipinski definition) is 2. The molecule has 4 heterocycles. The van der Waals surface area contributed by atoms with Gasteiger partial charge < -0.3 is 19.9 Å². The summed E-state index contributed by atoms with van der Waals surface area (Å²) in [6, 6.07) is 3.00. The largest absolute Gasteiger partial charge is 0.481 e. The van der Waals surface area contributed by atoms with Crippen molar-refractivity contribution < 1.29 is 37.3 Å². The van der Waals surface area contributed by atoms with Crippen LogP contribution in [0, 0.1) is 0 Å². The molecule has 3 aromatic heterocycles. The molecule has 1 aliphatic rings. The number of alkyl halides is 3. The summed E-state index contributed by atoms with van der Waals surface area (Å²) in [5.74, 6) is -0.340. The van der Waals surface area contributed by atoms with Crippen LogP contribution >= 0.6 is 0 Å². The lowest BCUT2D eigenvalue weighted by molar-refractivity contribution is -0.137. The third-order valence-electron chi connectivity index (χ3n) is 5.42. The highest BCUT2D eigenvalue weighted by Crippen LogP contribution is 2.38. The number of rotatable bonds is 6. The number of carbonyl (C=O) groups excluding carboxylic acids is 2. The number of imide groups is 1. The molecule has 13 heteroatoms. The van der Waals surface area contributed by atoms with E-state index >= 15 is 0 Å². The summed E-state index contributed by atoms with van der Waals surface area (Å²) in [5, 5.41) is 12.9. The number of aliphatic hydroxyl groups excluding tert-OH is 1. The number of ether oxygens (including phenoxy) is 2. The second-order valence-electron chi connectivity index (χ2n) is 7.61. The van der Waals surface area contributed by atoms with Gasteiger partial charge in [-0.15, -0.1) is 0 Å². The molecule has 0 unspecified atom stereocenters. The lowest BCUT2D eigenvalue weighted by Crippen LogP contribution is -2.45. The normalized spacial score (nSPS) is 18.0. The first-order valence-corrected chi connectivity index (χ1v) is 10.4. The number of cyclic esters (lactones) is 1. The van der Waals surface area contributed by atoms with Crippen LogP contribution in [0.5, 0.6) is 5.88 Å². The van der Waals surface area contributed by atoms with Crippen molar-refractivity contribution in [2.24, 2.45) is 0 Å².